The molecule has 0 N–H and O–H groups in total. The number of hydrogen-bond acceptors (Lipinski definition) is 1. The topological polar surface area (TPSA) is 12.5 Å². The van der Waals surface area contributed by atoms with Gasteiger partial charge >= 0.3 is 0 Å². The fourth-order valence-electron chi connectivity index (χ4n) is 7.16. The average molecular weight is 288 g/mol. The second-order valence-electron chi connectivity index (χ2n) is 10.5. The summed E-state index contributed by atoms with van der Waals surface area (Å²) in [5.41, 5.74) is 1.79. The quantitative estimate of drug-likeness (QED) is 0.637. The van der Waals surface area contributed by atoms with Crippen LogP contribution in [0.1, 0.15) is 79.1 Å². The van der Waals surface area contributed by atoms with Crippen molar-refractivity contribution in [3.8, 4) is 0 Å². The van der Waals surface area contributed by atoms with E-state index in [1.165, 1.54) is 51.4 Å². The summed E-state index contributed by atoms with van der Waals surface area (Å²) in [5.74, 6) is 3.81. The normalized spacial score (nSPS) is 63.4. The number of ether oxygens (including phenoxy) is 1. The Hall–Kier alpha value is -0.0400. The molecule has 6 atom stereocenters. The Morgan fingerprint density at radius 3 is 1.29 bits per heavy atom. The first-order valence-corrected chi connectivity index (χ1v) is 9.49. The lowest BCUT2D eigenvalue weighted by Gasteiger charge is -2.40. The summed E-state index contributed by atoms with van der Waals surface area (Å²) in [6.45, 7) is 9.86. The minimum Gasteiger partial charge on any atom is -0.363 e. The lowest BCUT2D eigenvalue weighted by Crippen LogP contribution is -2.43. The van der Waals surface area contributed by atoms with E-state index in [0.717, 1.165) is 23.7 Å². The summed E-state index contributed by atoms with van der Waals surface area (Å²) in [4.78, 5) is 0. The summed E-state index contributed by atoms with van der Waals surface area (Å²) in [5, 5.41) is 0. The molecule has 1 heterocycles. The Labute approximate surface area is 130 Å². The van der Waals surface area contributed by atoms with Crippen molar-refractivity contribution < 1.29 is 4.74 Å². The van der Waals surface area contributed by atoms with Gasteiger partial charge in [-0.3, -0.25) is 0 Å². The van der Waals surface area contributed by atoms with Crippen LogP contribution in [-0.2, 0) is 4.74 Å². The Bertz CT molecular complexity index is 460. The van der Waals surface area contributed by atoms with E-state index in [4.69, 9.17) is 4.74 Å². The standard InChI is InChI=1S/C20H32O/c1-17(2)20(21-17,15-7-5-13-9-18(13,3)11-15)16-8-6-14-10-19(14,4)12-16/h13-16H,5-12H2,1-4H3. The molecule has 1 aliphatic heterocycles. The molecule has 0 aromatic heterocycles. The monoisotopic (exact) mass is 288 g/mol. The van der Waals surface area contributed by atoms with Gasteiger partial charge in [-0.2, -0.15) is 0 Å². The van der Waals surface area contributed by atoms with Crippen molar-refractivity contribution >= 4 is 0 Å². The largest absolute Gasteiger partial charge is 0.363 e. The molecule has 6 unspecified atom stereocenters. The van der Waals surface area contributed by atoms with Crippen LogP contribution in [0.2, 0.25) is 0 Å². The highest BCUT2D eigenvalue weighted by molar-refractivity contribution is 5.22. The van der Waals surface area contributed by atoms with E-state index in [1.54, 1.807) is 0 Å². The summed E-state index contributed by atoms with van der Waals surface area (Å²) in [6, 6.07) is 0. The van der Waals surface area contributed by atoms with E-state index < -0.39 is 0 Å². The Balaban J connectivity index is 1.43. The maximum absolute atomic E-state index is 6.59. The molecule has 0 radical (unpaired) electrons. The van der Waals surface area contributed by atoms with Gasteiger partial charge in [0, 0.05) is 0 Å². The summed E-state index contributed by atoms with van der Waals surface area (Å²) >= 11 is 0. The van der Waals surface area contributed by atoms with Crippen molar-refractivity contribution in [3.63, 3.8) is 0 Å². The third-order valence-electron chi connectivity index (χ3n) is 8.77. The Morgan fingerprint density at radius 1 is 0.619 bits per heavy atom. The van der Waals surface area contributed by atoms with Crippen LogP contribution >= 0.6 is 0 Å². The molecule has 5 aliphatic rings. The van der Waals surface area contributed by atoms with E-state index >= 15 is 0 Å². The van der Waals surface area contributed by atoms with Gasteiger partial charge in [-0.05, 0) is 99.7 Å². The molecule has 5 rings (SSSR count). The van der Waals surface area contributed by atoms with E-state index in [1.807, 2.05) is 0 Å². The van der Waals surface area contributed by atoms with Gasteiger partial charge in [0.15, 0.2) is 0 Å². The zero-order valence-corrected chi connectivity index (χ0v) is 14.4. The second-order valence-corrected chi connectivity index (χ2v) is 10.5. The van der Waals surface area contributed by atoms with Crippen LogP contribution in [-0.4, -0.2) is 11.2 Å². The molecule has 0 aromatic rings. The molecule has 0 spiro atoms. The zero-order chi connectivity index (χ0) is 14.7. The van der Waals surface area contributed by atoms with Crippen LogP contribution < -0.4 is 0 Å². The maximum atomic E-state index is 6.59. The molecule has 0 bridgehead atoms. The predicted octanol–water partition coefficient (Wildman–Crippen LogP) is 5.19. The highest BCUT2D eigenvalue weighted by Gasteiger charge is 2.74. The van der Waals surface area contributed by atoms with E-state index in [-0.39, 0.29) is 11.2 Å². The molecular formula is C20H32O. The number of hydrogen-bond donors (Lipinski definition) is 0. The maximum Gasteiger partial charge on any atom is 0.103 e. The Morgan fingerprint density at radius 2 is 0.952 bits per heavy atom. The van der Waals surface area contributed by atoms with Crippen molar-refractivity contribution in [2.24, 2.45) is 34.5 Å². The highest BCUT2D eigenvalue weighted by atomic mass is 16.6. The molecule has 118 valence electrons. The van der Waals surface area contributed by atoms with Crippen molar-refractivity contribution in [1.82, 2.24) is 0 Å². The molecule has 1 saturated heterocycles. The molecular weight excluding hydrogens is 256 g/mol. The molecule has 0 aromatic carbocycles. The third kappa shape index (κ3) is 1.62. The second kappa shape index (κ2) is 3.55. The molecule has 1 nitrogen and oxygen atoms in total. The van der Waals surface area contributed by atoms with Crippen molar-refractivity contribution in [1.29, 1.82) is 0 Å². The van der Waals surface area contributed by atoms with Gasteiger partial charge in [-0.15, -0.1) is 0 Å². The first-order chi connectivity index (χ1) is 9.79. The van der Waals surface area contributed by atoms with Crippen LogP contribution in [0, 0.1) is 34.5 Å². The first kappa shape index (κ1) is 13.4. The molecule has 21 heavy (non-hydrogen) atoms. The van der Waals surface area contributed by atoms with Gasteiger partial charge in [-0.1, -0.05) is 13.8 Å². The SMILES string of the molecule is CC12CC1CCC(C1(C3CCC4CC4(C)C3)OC1(C)C)C2. The lowest BCUT2D eigenvalue weighted by molar-refractivity contribution is 0.0611. The van der Waals surface area contributed by atoms with Gasteiger partial charge < -0.3 is 4.74 Å². The minimum atomic E-state index is 0.151. The summed E-state index contributed by atoms with van der Waals surface area (Å²) < 4.78 is 6.59. The van der Waals surface area contributed by atoms with Crippen molar-refractivity contribution in [2.45, 2.75) is 90.3 Å². The van der Waals surface area contributed by atoms with Crippen LogP contribution in [0.15, 0.2) is 0 Å². The smallest absolute Gasteiger partial charge is 0.103 e. The van der Waals surface area contributed by atoms with Crippen LogP contribution in [0.5, 0.6) is 0 Å². The lowest BCUT2D eigenvalue weighted by atomic mass is 9.62. The fourth-order valence-corrected chi connectivity index (χ4v) is 7.16. The third-order valence-corrected chi connectivity index (χ3v) is 8.77. The van der Waals surface area contributed by atoms with E-state index in [2.05, 4.69) is 27.7 Å². The zero-order valence-electron chi connectivity index (χ0n) is 14.4. The molecule has 1 heteroatoms. The van der Waals surface area contributed by atoms with E-state index in [9.17, 15) is 0 Å². The first-order valence-electron chi connectivity index (χ1n) is 9.49. The molecule has 4 saturated carbocycles. The van der Waals surface area contributed by atoms with Gasteiger partial charge in [0.2, 0.25) is 0 Å². The highest BCUT2D eigenvalue weighted by Crippen LogP contribution is 2.73. The molecule has 5 fully saturated rings. The number of epoxide rings is 1. The van der Waals surface area contributed by atoms with Crippen molar-refractivity contribution in [2.75, 3.05) is 0 Å². The number of rotatable bonds is 2. The summed E-state index contributed by atoms with van der Waals surface area (Å²) in [7, 11) is 0. The predicted molar refractivity (Wildman–Crippen MR) is 85.0 cm³/mol. The molecule has 0 amide bonds. The van der Waals surface area contributed by atoms with Gasteiger partial charge in [0.05, 0.1) is 5.60 Å². The number of fused-ring (bicyclic) bond motifs is 2. The van der Waals surface area contributed by atoms with Gasteiger partial charge in [0.1, 0.15) is 5.60 Å². The van der Waals surface area contributed by atoms with Gasteiger partial charge in [0.25, 0.3) is 0 Å². The fraction of sp³-hybridized carbons (Fsp3) is 1.00. The Kier molecular flexibility index (Phi) is 2.27. The average Bonchev–Trinajstić information content (AvgIpc) is 3.29. The summed E-state index contributed by atoms with van der Waals surface area (Å²) in [6.07, 6.45) is 11.8. The minimum absolute atomic E-state index is 0.151. The van der Waals surface area contributed by atoms with Gasteiger partial charge in [-0.25, -0.2) is 0 Å². The molecule has 4 aliphatic carbocycles. The van der Waals surface area contributed by atoms with Crippen LogP contribution in [0.4, 0.5) is 0 Å². The van der Waals surface area contributed by atoms with Crippen LogP contribution in [0.3, 0.4) is 0 Å². The van der Waals surface area contributed by atoms with Crippen molar-refractivity contribution in [3.05, 3.63) is 0 Å². The van der Waals surface area contributed by atoms with Crippen LogP contribution in [0.25, 0.3) is 0 Å². The van der Waals surface area contributed by atoms with E-state index in [0.29, 0.717) is 10.8 Å².